The maximum absolute atomic E-state index is 12.6. The van der Waals surface area contributed by atoms with Crippen LogP contribution in [0, 0.1) is 5.92 Å². The number of benzene rings is 2. The molecule has 2 aliphatic rings. The summed E-state index contributed by atoms with van der Waals surface area (Å²) in [6.07, 6.45) is 4.05. The molecule has 2 aromatic carbocycles. The zero-order valence-electron chi connectivity index (χ0n) is 19.8. The molecule has 1 atom stereocenters. The first-order chi connectivity index (χ1) is 15.9. The van der Waals surface area contributed by atoms with Crippen LogP contribution in [0.4, 0.5) is 0 Å². The summed E-state index contributed by atoms with van der Waals surface area (Å²) in [7, 11) is 2.16. The number of halogens is 1. The van der Waals surface area contributed by atoms with Gasteiger partial charge in [-0.1, -0.05) is 38.1 Å². The number of ether oxygens (including phenoxy) is 2. The lowest BCUT2D eigenvalue weighted by Gasteiger charge is -2.40. The van der Waals surface area contributed by atoms with Crippen LogP contribution in [0.25, 0.3) is 11.1 Å². The van der Waals surface area contributed by atoms with Crippen molar-refractivity contribution in [3.63, 3.8) is 0 Å². The van der Waals surface area contributed by atoms with Crippen molar-refractivity contribution in [2.24, 2.45) is 11.7 Å². The van der Waals surface area contributed by atoms with Gasteiger partial charge in [-0.05, 0) is 61.2 Å². The van der Waals surface area contributed by atoms with E-state index in [9.17, 15) is 9.59 Å². The maximum atomic E-state index is 12.6. The second-order valence-electron chi connectivity index (χ2n) is 8.70. The fraction of sp³-hybridized carbons (Fsp3) is 0.462. The van der Waals surface area contributed by atoms with Crippen molar-refractivity contribution in [3.05, 3.63) is 47.0 Å². The van der Waals surface area contributed by atoms with E-state index in [-0.39, 0.29) is 30.0 Å². The Morgan fingerprint density at radius 2 is 1.91 bits per heavy atom. The van der Waals surface area contributed by atoms with Crippen LogP contribution in [-0.2, 0) is 22.4 Å². The highest BCUT2D eigenvalue weighted by Crippen LogP contribution is 2.51. The standard InChI is InChI=1S/C25H30N2O4.CH3Cl/c1-15(2)25(29)31-24-20(30-21(28)8-5-12-26)10-9-17-14-19-22-16(11-13-27(19)3)6-4-7-18(22)23(17)24;1-2/h4,6-7,9-10,15,19H,5,8,11-14,26H2,1-3H3;1H3. The van der Waals surface area contributed by atoms with Crippen LogP contribution in [-0.4, -0.2) is 43.4 Å². The quantitative estimate of drug-likeness (QED) is 0.378. The van der Waals surface area contributed by atoms with Crippen molar-refractivity contribution in [1.82, 2.24) is 4.90 Å². The van der Waals surface area contributed by atoms with E-state index >= 15 is 0 Å². The summed E-state index contributed by atoms with van der Waals surface area (Å²) in [4.78, 5) is 27.3. The molecule has 0 fully saturated rings. The number of hydrogen-bond acceptors (Lipinski definition) is 6. The molecule has 1 aliphatic heterocycles. The molecule has 1 heterocycles. The molecule has 0 bridgehead atoms. The van der Waals surface area contributed by atoms with E-state index in [1.54, 1.807) is 19.9 Å². The van der Waals surface area contributed by atoms with E-state index in [2.05, 4.69) is 41.7 Å². The van der Waals surface area contributed by atoms with Crippen LogP contribution >= 0.6 is 11.6 Å². The number of carbonyl (C=O) groups is 2. The van der Waals surface area contributed by atoms with Crippen LogP contribution < -0.4 is 15.2 Å². The maximum Gasteiger partial charge on any atom is 0.313 e. The summed E-state index contributed by atoms with van der Waals surface area (Å²) >= 11 is 4.64. The third kappa shape index (κ3) is 5.24. The molecule has 0 saturated carbocycles. The number of nitrogens with two attached hydrogens (primary N) is 1. The Morgan fingerprint density at radius 1 is 1.15 bits per heavy atom. The van der Waals surface area contributed by atoms with Crippen LogP contribution in [0.15, 0.2) is 30.3 Å². The predicted octanol–water partition coefficient (Wildman–Crippen LogP) is 4.50. The normalized spacial score (nSPS) is 16.3. The molecule has 33 heavy (non-hydrogen) atoms. The SMILES string of the molecule is CC(C)C(=O)Oc1c(OC(=O)CCCN)ccc2c1-c1cccc3c1C(C2)N(C)CC3.CCl. The Labute approximate surface area is 201 Å². The van der Waals surface area contributed by atoms with Gasteiger partial charge in [-0.2, -0.15) is 0 Å². The highest BCUT2D eigenvalue weighted by atomic mass is 35.5. The zero-order chi connectivity index (χ0) is 24.1. The van der Waals surface area contributed by atoms with Crippen LogP contribution in [0.2, 0.25) is 0 Å². The topological polar surface area (TPSA) is 81.9 Å². The monoisotopic (exact) mass is 472 g/mol. The van der Waals surface area contributed by atoms with Gasteiger partial charge in [0.1, 0.15) is 0 Å². The van der Waals surface area contributed by atoms with Gasteiger partial charge in [0.25, 0.3) is 0 Å². The van der Waals surface area contributed by atoms with E-state index in [4.69, 9.17) is 15.2 Å². The minimum atomic E-state index is -0.379. The first-order valence-corrected chi connectivity index (χ1v) is 12.1. The Kier molecular flexibility index (Phi) is 8.51. The van der Waals surface area contributed by atoms with Crippen molar-refractivity contribution in [2.45, 2.75) is 45.6 Å². The second kappa shape index (κ2) is 11.1. The predicted molar refractivity (Wildman–Crippen MR) is 131 cm³/mol. The lowest BCUT2D eigenvalue weighted by Crippen LogP contribution is -2.35. The number of carbonyl (C=O) groups excluding carboxylic acids is 2. The van der Waals surface area contributed by atoms with Gasteiger partial charge in [0.2, 0.25) is 0 Å². The van der Waals surface area contributed by atoms with E-state index in [0.717, 1.165) is 36.1 Å². The van der Waals surface area contributed by atoms with Gasteiger partial charge in [0.15, 0.2) is 11.5 Å². The molecular weight excluding hydrogens is 440 g/mol. The molecule has 4 rings (SSSR count). The molecule has 2 aromatic rings. The minimum absolute atomic E-state index is 0.221. The van der Waals surface area contributed by atoms with Crippen molar-refractivity contribution in [2.75, 3.05) is 26.5 Å². The molecule has 0 saturated heterocycles. The first kappa shape index (κ1) is 25.2. The molecule has 1 unspecified atom stereocenters. The number of esters is 2. The van der Waals surface area contributed by atoms with E-state index in [0.29, 0.717) is 24.8 Å². The smallest absolute Gasteiger partial charge is 0.313 e. The molecular formula is C26H33ClN2O4. The summed E-state index contributed by atoms with van der Waals surface area (Å²) in [5, 5.41) is 0. The van der Waals surface area contributed by atoms with E-state index in [1.807, 2.05) is 6.07 Å². The van der Waals surface area contributed by atoms with Gasteiger partial charge in [-0.25, -0.2) is 0 Å². The van der Waals surface area contributed by atoms with E-state index in [1.165, 1.54) is 17.5 Å². The Morgan fingerprint density at radius 3 is 2.61 bits per heavy atom. The lowest BCUT2D eigenvalue weighted by atomic mass is 9.77. The Hall–Kier alpha value is -2.41. The molecule has 0 radical (unpaired) electrons. The Balaban J connectivity index is 0.00000149. The zero-order valence-corrected chi connectivity index (χ0v) is 20.6. The second-order valence-corrected chi connectivity index (χ2v) is 8.70. The summed E-state index contributed by atoms with van der Waals surface area (Å²) in [5.74, 6) is -0.399. The largest absolute Gasteiger partial charge is 0.422 e. The molecule has 7 heteroatoms. The first-order valence-electron chi connectivity index (χ1n) is 11.4. The highest BCUT2D eigenvalue weighted by molar-refractivity contribution is 6.15. The number of likely N-dealkylation sites (N-methyl/N-ethyl adjacent to an activating group) is 1. The third-order valence-corrected chi connectivity index (χ3v) is 6.17. The van der Waals surface area contributed by atoms with Crippen molar-refractivity contribution in [1.29, 1.82) is 0 Å². The summed E-state index contributed by atoms with van der Waals surface area (Å²) in [6.45, 7) is 5.02. The summed E-state index contributed by atoms with van der Waals surface area (Å²) < 4.78 is 11.5. The van der Waals surface area contributed by atoms with Gasteiger partial charge in [-0.15, -0.1) is 11.6 Å². The fourth-order valence-electron chi connectivity index (χ4n) is 4.47. The average Bonchev–Trinajstić information content (AvgIpc) is 2.82. The Bertz CT molecular complexity index is 1020. The molecule has 2 N–H and O–H groups in total. The fourth-order valence-corrected chi connectivity index (χ4v) is 4.47. The van der Waals surface area contributed by atoms with Crippen molar-refractivity contribution in [3.8, 4) is 22.6 Å². The summed E-state index contributed by atoms with van der Waals surface area (Å²) in [6, 6.07) is 10.3. The molecule has 0 amide bonds. The molecule has 178 valence electrons. The third-order valence-electron chi connectivity index (χ3n) is 6.17. The van der Waals surface area contributed by atoms with Crippen molar-refractivity contribution < 1.29 is 19.1 Å². The number of hydrogen-bond donors (Lipinski definition) is 1. The lowest BCUT2D eigenvalue weighted by molar-refractivity contribution is -0.139. The van der Waals surface area contributed by atoms with Gasteiger partial charge in [0.05, 0.1) is 5.92 Å². The van der Waals surface area contributed by atoms with Crippen molar-refractivity contribution >= 4 is 23.5 Å². The van der Waals surface area contributed by atoms with Gasteiger partial charge in [0, 0.05) is 31.0 Å². The van der Waals surface area contributed by atoms with Crippen LogP contribution in [0.5, 0.6) is 11.5 Å². The van der Waals surface area contributed by atoms with Gasteiger partial charge >= 0.3 is 11.9 Å². The number of alkyl halides is 1. The summed E-state index contributed by atoms with van der Waals surface area (Å²) in [5.41, 5.74) is 11.2. The van der Waals surface area contributed by atoms with Crippen LogP contribution in [0.1, 0.15) is 49.4 Å². The number of rotatable bonds is 6. The average molecular weight is 473 g/mol. The molecule has 0 spiro atoms. The van der Waals surface area contributed by atoms with Gasteiger partial charge in [-0.3, -0.25) is 14.5 Å². The number of fused-ring (bicyclic) bond motifs is 2. The molecule has 6 nitrogen and oxygen atoms in total. The molecule has 1 aliphatic carbocycles. The van der Waals surface area contributed by atoms with Crippen LogP contribution in [0.3, 0.4) is 0 Å². The minimum Gasteiger partial charge on any atom is -0.422 e. The molecule has 0 aromatic heterocycles. The highest BCUT2D eigenvalue weighted by Gasteiger charge is 2.35. The van der Waals surface area contributed by atoms with E-state index < -0.39 is 0 Å². The number of nitrogens with zero attached hydrogens (tertiary/aromatic N) is 1. The van der Waals surface area contributed by atoms with Gasteiger partial charge < -0.3 is 15.2 Å².